The number of nitrogens with zero attached hydrogens (tertiary/aromatic N) is 4. The Hall–Kier alpha value is -1.63. The van der Waals surface area contributed by atoms with Gasteiger partial charge >= 0.3 is 5.69 Å². The fourth-order valence-corrected chi connectivity index (χ4v) is 3.27. The Morgan fingerprint density at radius 1 is 1.43 bits per heavy atom. The zero-order chi connectivity index (χ0) is 15.4. The average molecular weight is 296 g/mol. The smallest absolute Gasteiger partial charge is 0.334 e. The molecule has 0 radical (unpaired) electrons. The van der Waals surface area contributed by atoms with Crippen molar-refractivity contribution in [1.82, 2.24) is 9.78 Å². The summed E-state index contributed by atoms with van der Waals surface area (Å²) in [4.78, 5) is 13.1. The van der Waals surface area contributed by atoms with Crippen LogP contribution in [0.3, 0.4) is 0 Å². The van der Waals surface area contributed by atoms with E-state index in [-0.39, 0.29) is 23.3 Å². The van der Waals surface area contributed by atoms with E-state index in [1.54, 1.807) is 11.7 Å². The van der Waals surface area contributed by atoms with Crippen LogP contribution in [0.4, 0.5) is 11.5 Å². The number of aryl methyl sites for hydroxylation is 2. The van der Waals surface area contributed by atoms with Crippen molar-refractivity contribution in [2.45, 2.75) is 51.5 Å². The van der Waals surface area contributed by atoms with Gasteiger partial charge in [-0.15, -0.1) is 0 Å². The Morgan fingerprint density at radius 3 is 2.62 bits per heavy atom. The maximum Gasteiger partial charge on any atom is 0.334 e. The van der Waals surface area contributed by atoms with E-state index in [0.29, 0.717) is 24.5 Å². The minimum absolute atomic E-state index is 0.0136. The first-order chi connectivity index (χ1) is 10.1. The Morgan fingerprint density at radius 2 is 2.10 bits per heavy atom. The third kappa shape index (κ3) is 3.18. The van der Waals surface area contributed by atoms with Crippen LogP contribution in [-0.2, 0) is 13.5 Å². The van der Waals surface area contributed by atoms with Gasteiger partial charge in [-0.05, 0) is 19.3 Å². The molecule has 7 heteroatoms. The Balaban J connectivity index is 2.43. The minimum Gasteiger partial charge on any atom is -0.395 e. The molecule has 0 saturated heterocycles. The first-order valence-electron chi connectivity index (χ1n) is 7.67. The van der Waals surface area contributed by atoms with Crippen molar-refractivity contribution < 1.29 is 10.0 Å². The van der Waals surface area contributed by atoms with Crippen LogP contribution in [0.15, 0.2) is 0 Å². The van der Waals surface area contributed by atoms with Crippen LogP contribution in [-0.4, -0.2) is 39.0 Å². The molecule has 2 rings (SSSR count). The van der Waals surface area contributed by atoms with E-state index in [2.05, 4.69) is 5.10 Å². The number of anilines is 1. The van der Waals surface area contributed by atoms with Crippen LogP contribution in [0.5, 0.6) is 0 Å². The Labute approximate surface area is 124 Å². The van der Waals surface area contributed by atoms with Gasteiger partial charge in [-0.1, -0.05) is 26.2 Å². The number of aromatic nitrogens is 2. The van der Waals surface area contributed by atoms with E-state index >= 15 is 0 Å². The third-order valence-electron chi connectivity index (χ3n) is 4.21. The maximum atomic E-state index is 11.5. The van der Waals surface area contributed by atoms with Crippen LogP contribution >= 0.6 is 0 Å². The second-order valence-corrected chi connectivity index (χ2v) is 5.56. The highest BCUT2D eigenvalue weighted by molar-refractivity contribution is 5.62. The van der Waals surface area contributed by atoms with Gasteiger partial charge in [0, 0.05) is 19.6 Å². The lowest BCUT2D eigenvalue weighted by atomic mass is 9.94. The number of nitro groups is 1. The summed E-state index contributed by atoms with van der Waals surface area (Å²) in [5.74, 6) is 0.540. The highest BCUT2D eigenvalue weighted by atomic mass is 16.6. The van der Waals surface area contributed by atoms with Crippen LogP contribution in [0.25, 0.3) is 0 Å². The highest BCUT2D eigenvalue weighted by Crippen LogP contribution is 2.35. The Kier molecular flexibility index (Phi) is 5.17. The van der Waals surface area contributed by atoms with Gasteiger partial charge in [0.15, 0.2) is 0 Å². The van der Waals surface area contributed by atoms with E-state index in [9.17, 15) is 15.2 Å². The number of aliphatic hydroxyl groups excluding tert-OH is 1. The number of rotatable bonds is 6. The van der Waals surface area contributed by atoms with Crippen LogP contribution in [0.2, 0.25) is 0 Å². The fourth-order valence-electron chi connectivity index (χ4n) is 3.27. The average Bonchev–Trinajstić information content (AvgIpc) is 2.82. The topological polar surface area (TPSA) is 84.4 Å². The molecule has 0 spiro atoms. The lowest BCUT2D eigenvalue weighted by Crippen LogP contribution is -2.40. The van der Waals surface area contributed by atoms with Crippen molar-refractivity contribution in [1.29, 1.82) is 0 Å². The lowest BCUT2D eigenvalue weighted by Gasteiger charge is -2.34. The lowest BCUT2D eigenvalue weighted by molar-refractivity contribution is -0.384. The van der Waals surface area contributed by atoms with E-state index in [1.807, 2.05) is 11.8 Å². The van der Waals surface area contributed by atoms with Gasteiger partial charge in [-0.3, -0.25) is 10.1 Å². The summed E-state index contributed by atoms with van der Waals surface area (Å²) >= 11 is 0. The summed E-state index contributed by atoms with van der Waals surface area (Å²) < 4.78 is 1.60. The summed E-state index contributed by atoms with van der Waals surface area (Å²) in [6.45, 7) is 2.27. The third-order valence-corrected chi connectivity index (χ3v) is 4.21. The van der Waals surface area contributed by atoms with Gasteiger partial charge in [-0.25, -0.2) is 4.68 Å². The van der Waals surface area contributed by atoms with Crippen molar-refractivity contribution in [2.75, 3.05) is 18.1 Å². The Bertz CT molecular complexity index is 495. The quantitative estimate of drug-likeness (QED) is 0.641. The van der Waals surface area contributed by atoms with Crippen LogP contribution < -0.4 is 4.90 Å². The zero-order valence-corrected chi connectivity index (χ0v) is 12.8. The molecule has 0 unspecified atom stereocenters. The molecule has 1 N–H and O–H groups in total. The first kappa shape index (κ1) is 15.8. The normalized spacial score (nSPS) is 16.1. The molecule has 1 saturated carbocycles. The second-order valence-electron chi connectivity index (χ2n) is 5.56. The standard InChI is InChI=1S/C14H24N4O3/c1-3-12-13(18(20)21)14(16(2)15-12)17(9-10-19)11-7-5-4-6-8-11/h11,19H,3-10H2,1-2H3. The number of aliphatic hydroxyl groups is 1. The molecular formula is C14H24N4O3. The van der Waals surface area contributed by atoms with Crippen molar-refractivity contribution in [3.05, 3.63) is 15.8 Å². The minimum atomic E-state index is -0.339. The van der Waals surface area contributed by atoms with Crippen molar-refractivity contribution in [3.8, 4) is 0 Å². The monoisotopic (exact) mass is 296 g/mol. The molecule has 21 heavy (non-hydrogen) atoms. The molecule has 1 fully saturated rings. The largest absolute Gasteiger partial charge is 0.395 e. The summed E-state index contributed by atoms with van der Waals surface area (Å²) in [5, 5.41) is 25.1. The molecule has 0 aliphatic heterocycles. The van der Waals surface area contributed by atoms with Crippen molar-refractivity contribution in [3.63, 3.8) is 0 Å². The van der Waals surface area contributed by atoms with E-state index in [0.717, 1.165) is 25.7 Å². The molecule has 0 bridgehead atoms. The van der Waals surface area contributed by atoms with Gasteiger partial charge < -0.3 is 10.0 Å². The molecule has 1 heterocycles. The molecule has 1 aromatic heterocycles. The predicted octanol–water partition coefficient (Wildman–Crippen LogP) is 2.02. The highest BCUT2D eigenvalue weighted by Gasteiger charge is 2.33. The number of hydrogen-bond acceptors (Lipinski definition) is 5. The second kappa shape index (κ2) is 6.89. The van der Waals surface area contributed by atoms with Gasteiger partial charge in [0.05, 0.1) is 11.5 Å². The fraction of sp³-hybridized carbons (Fsp3) is 0.786. The van der Waals surface area contributed by atoms with E-state index < -0.39 is 0 Å². The van der Waals surface area contributed by atoms with Gasteiger partial charge in [0.2, 0.25) is 5.82 Å². The molecule has 0 aromatic carbocycles. The number of hydrogen-bond donors (Lipinski definition) is 1. The molecule has 1 aliphatic rings. The summed E-state index contributed by atoms with van der Waals surface area (Å²) in [7, 11) is 1.74. The van der Waals surface area contributed by atoms with Gasteiger partial charge in [0.1, 0.15) is 5.69 Å². The predicted molar refractivity (Wildman–Crippen MR) is 80.5 cm³/mol. The van der Waals surface area contributed by atoms with Gasteiger partial charge in [-0.2, -0.15) is 5.10 Å². The molecule has 7 nitrogen and oxygen atoms in total. The summed E-state index contributed by atoms with van der Waals surface area (Å²) in [6, 6.07) is 0.254. The first-order valence-corrected chi connectivity index (χ1v) is 7.67. The summed E-state index contributed by atoms with van der Waals surface area (Å²) in [5.41, 5.74) is 0.607. The molecule has 0 atom stereocenters. The summed E-state index contributed by atoms with van der Waals surface area (Å²) in [6.07, 6.45) is 6.06. The van der Waals surface area contributed by atoms with Crippen LogP contribution in [0.1, 0.15) is 44.7 Å². The zero-order valence-electron chi connectivity index (χ0n) is 12.8. The maximum absolute atomic E-state index is 11.5. The van der Waals surface area contributed by atoms with Crippen molar-refractivity contribution >= 4 is 11.5 Å². The molecule has 118 valence electrons. The molecular weight excluding hydrogens is 272 g/mol. The molecule has 1 aromatic rings. The van der Waals surface area contributed by atoms with E-state index in [4.69, 9.17) is 0 Å². The SMILES string of the molecule is CCc1nn(C)c(N(CCO)C2CCCCC2)c1[N+](=O)[O-]. The van der Waals surface area contributed by atoms with Gasteiger partial charge in [0.25, 0.3) is 0 Å². The van der Waals surface area contributed by atoms with E-state index in [1.165, 1.54) is 6.42 Å². The van der Waals surface area contributed by atoms with Crippen molar-refractivity contribution in [2.24, 2.45) is 7.05 Å². The van der Waals surface area contributed by atoms with Crippen LogP contribution in [0, 0.1) is 10.1 Å². The molecule has 1 aliphatic carbocycles. The molecule has 0 amide bonds.